The van der Waals surface area contributed by atoms with E-state index in [-0.39, 0.29) is 6.04 Å². The number of sulfone groups is 1. The summed E-state index contributed by atoms with van der Waals surface area (Å²) in [5.74, 6) is 0.790. The van der Waals surface area contributed by atoms with Crippen molar-refractivity contribution in [2.24, 2.45) is 0 Å². The van der Waals surface area contributed by atoms with Crippen molar-refractivity contribution in [2.75, 3.05) is 19.9 Å². The van der Waals surface area contributed by atoms with E-state index in [4.69, 9.17) is 4.74 Å². The van der Waals surface area contributed by atoms with E-state index in [2.05, 4.69) is 5.32 Å². The largest absolute Gasteiger partial charge is 0.494 e. The molecule has 0 spiro atoms. The molecule has 0 aliphatic heterocycles. The molecule has 19 heavy (non-hydrogen) atoms. The fourth-order valence-corrected chi connectivity index (χ4v) is 2.73. The summed E-state index contributed by atoms with van der Waals surface area (Å²) in [6.45, 7) is 6.01. The van der Waals surface area contributed by atoms with Crippen molar-refractivity contribution in [1.29, 1.82) is 0 Å². The highest BCUT2D eigenvalue weighted by atomic mass is 32.2. The van der Waals surface area contributed by atoms with Crippen LogP contribution in [0.3, 0.4) is 0 Å². The van der Waals surface area contributed by atoms with Gasteiger partial charge in [0.15, 0.2) is 9.84 Å². The Balaban J connectivity index is 3.10. The molecule has 108 valence electrons. The lowest BCUT2D eigenvalue weighted by Crippen LogP contribution is -2.43. The van der Waals surface area contributed by atoms with Gasteiger partial charge in [0.2, 0.25) is 0 Å². The summed E-state index contributed by atoms with van der Waals surface area (Å²) in [6.07, 6.45) is 1.27. The van der Waals surface area contributed by atoms with Crippen LogP contribution in [-0.2, 0) is 9.84 Å². The Labute approximate surface area is 116 Å². The van der Waals surface area contributed by atoms with E-state index in [1.807, 2.05) is 31.2 Å². The van der Waals surface area contributed by atoms with Crippen LogP contribution < -0.4 is 10.1 Å². The average molecular weight is 285 g/mol. The van der Waals surface area contributed by atoms with Crippen LogP contribution in [0, 0.1) is 0 Å². The molecular formula is C14H23NO3S. The van der Waals surface area contributed by atoms with Crippen molar-refractivity contribution in [3.05, 3.63) is 29.8 Å². The predicted molar refractivity (Wildman–Crippen MR) is 78.3 cm³/mol. The zero-order valence-corrected chi connectivity index (χ0v) is 13.0. The van der Waals surface area contributed by atoms with E-state index in [1.54, 1.807) is 20.9 Å². The number of rotatable bonds is 6. The van der Waals surface area contributed by atoms with Gasteiger partial charge in [0, 0.05) is 6.26 Å². The molecule has 0 saturated carbocycles. The van der Waals surface area contributed by atoms with Crippen LogP contribution in [0.1, 0.15) is 32.4 Å². The van der Waals surface area contributed by atoms with E-state index < -0.39 is 14.6 Å². The first-order valence-electron chi connectivity index (χ1n) is 6.33. The molecule has 1 aromatic rings. The number of ether oxygens (including phenoxy) is 1. The molecule has 0 heterocycles. The summed E-state index contributed by atoms with van der Waals surface area (Å²) in [5.41, 5.74) is 0.932. The van der Waals surface area contributed by atoms with Gasteiger partial charge in [-0.15, -0.1) is 0 Å². The Morgan fingerprint density at radius 2 is 1.79 bits per heavy atom. The van der Waals surface area contributed by atoms with E-state index >= 15 is 0 Å². The van der Waals surface area contributed by atoms with Crippen molar-refractivity contribution in [1.82, 2.24) is 5.32 Å². The van der Waals surface area contributed by atoms with Gasteiger partial charge in [-0.3, -0.25) is 0 Å². The van der Waals surface area contributed by atoms with Crippen molar-refractivity contribution < 1.29 is 13.2 Å². The summed E-state index contributed by atoms with van der Waals surface area (Å²) in [7, 11) is -1.40. The van der Waals surface area contributed by atoms with Gasteiger partial charge in [0.05, 0.1) is 17.4 Å². The Hall–Kier alpha value is -1.07. The Morgan fingerprint density at radius 3 is 2.16 bits per heavy atom. The molecule has 0 radical (unpaired) electrons. The minimum Gasteiger partial charge on any atom is -0.494 e. The van der Waals surface area contributed by atoms with Crippen molar-refractivity contribution >= 4 is 9.84 Å². The Bertz CT molecular complexity index is 506. The zero-order chi connectivity index (χ0) is 14.7. The second-order valence-corrected chi connectivity index (χ2v) is 7.70. The Morgan fingerprint density at radius 1 is 1.26 bits per heavy atom. The van der Waals surface area contributed by atoms with E-state index in [0.29, 0.717) is 6.61 Å². The lowest BCUT2D eigenvalue weighted by atomic mass is 9.95. The smallest absolute Gasteiger partial charge is 0.154 e. The summed E-state index contributed by atoms with van der Waals surface area (Å²) in [6, 6.07) is 7.26. The third-order valence-electron chi connectivity index (χ3n) is 3.46. The lowest BCUT2D eigenvalue weighted by molar-refractivity contribution is 0.340. The van der Waals surface area contributed by atoms with Gasteiger partial charge in [-0.25, -0.2) is 8.42 Å². The molecule has 0 aliphatic rings. The van der Waals surface area contributed by atoms with Gasteiger partial charge in [-0.05, 0) is 45.5 Å². The van der Waals surface area contributed by atoms with Crippen LogP contribution in [-0.4, -0.2) is 33.1 Å². The van der Waals surface area contributed by atoms with Gasteiger partial charge in [-0.1, -0.05) is 12.1 Å². The maximum Gasteiger partial charge on any atom is 0.154 e. The standard InChI is InChI=1S/C14H23NO3S/c1-6-18-12-9-7-11(8-10-12)13(15-4)14(2,3)19(5,16)17/h7-10,13,15H,6H2,1-5H3. The fourth-order valence-electron chi connectivity index (χ4n) is 2.05. The minimum atomic E-state index is -3.18. The highest BCUT2D eigenvalue weighted by Gasteiger charge is 2.39. The number of hydrogen-bond donors (Lipinski definition) is 1. The van der Waals surface area contributed by atoms with Crippen LogP contribution in [0.5, 0.6) is 5.75 Å². The highest BCUT2D eigenvalue weighted by Crippen LogP contribution is 2.32. The number of benzene rings is 1. The molecule has 0 aliphatic carbocycles. The first kappa shape index (κ1) is 16.0. The third-order valence-corrected chi connectivity index (χ3v) is 5.61. The minimum absolute atomic E-state index is 0.266. The van der Waals surface area contributed by atoms with E-state index in [9.17, 15) is 8.42 Å². The van der Waals surface area contributed by atoms with Gasteiger partial charge in [0.1, 0.15) is 5.75 Å². The second kappa shape index (κ2) is 5.92. The molecule has 0 bridgehead atoms. The van der Waals surface area contributed by atoms with E-state index in [1.165, 1.54) is 6.26 Å². The average Bonchev–Trinajstić information content (AvgIpc) is 2.31. The molecule has 5 heteroatoms. The number of hydrogen-bond acceptors (Lipinski definition) is 4. The second-order valence-electron chi connectivity index (χ2n) is 5.10. The normalized spacial score (nSPS) is 14.2. The van der Waals surface area contributed by atoms with Crippen LogP contribution >= 0.6 is 0 Å². The van der Waals surface area contributed by atoms with E-state index in [0.717, 1.165) is 11.3 Å². The molecule has 4 nitrogen and oxygen atoms in total. The van der Waals surface area contributed by atoms with Crippen molar-refractivity contribution in [2.45, 2.75) is 31.6 Å². The van der Waals surface area contributed by atoms with Crippen molar-refractivity contribution in [3.8, 4) is 5.75 Å². The van der Waals surface area contributed by atoms with Crippen LogP contribution in [0.15, 0.2) is 24.3 Å². The maximum absolute atomic E-state index is 11.9. The molecule has 1 N–H and O–H groups in total. The van der Waals surface area contributed by atoms with Gasteiger partial charge in [-0.2, -0.15) is 0 Å². The zero-order valence-electron chi connectivity index (χ0n) is 12.2. The number of nitrogens with one attached hydrogen (secondary N) is 1. The van der Waals surface area contributed by atoms with Crippen LogP contribution in [0.2, 0.25) is 0 Å². The molecule has 1 rings (SSSR count). The van der Waals surface area contributed by atoms with Crippen LogP contribution in [0.4, 0.5) is 0 Å². The van der Waals surface area contributed by atoms with Gasteiger partial charge in [0.25, 0.3) is 0 Å². The fraction of sp³-hybridized carbons (Fsp3) is 0.571. The molecule has 1 unspecified atom stereocenters. The van der Waals surface area contributed by atoms with Gasteiger partial charge < -0.3 is 10.1 Å². The Kier molecular flexibility index (Phi) is 4.98. The molecular weight excluding hydrogens is 262 g/mol. The third kappa shape index (κ3) is 3.48. The highest BCUT2D eigenvalue weighted by molar-refractivity contribution is 7.92. The van der Waals surface area contributed by atoms with Gasteiger partial charge >= 0.3 is 0 Å². The van der Waals surface area contributed by atoms with Crippen molar-refractivity contribution in [3.63, 3.8) is 0 Å². The maximum atomic E-state index is 11.9. The molecule has 1 atom stereocenters. The quantitative estimate of drug-likeness (QED) is 0.870. The molecule has 0 saturated heterocycles. The SMILES string of the molecule is CCOc1ccc(C(NC)C(C)(C)S(C)(=O)=O)cc1. The molecule has 0 aromatic heterocycles. The monoisotopic (exact) mass is 285 g/mol. The first-order valence-corrected chi connectivity index (χ1v) is 8.22. The molecule has 1 aromatic carbocycles. The predicted octanol–water partition coefficient (Wildman–Crippen LogP) is 2.17. The summed E-state index contributed by atoms with van der Waals surface area (Å²) < 4.78 is 28.4. The molecule has 0 fully saturated rings. The molecule has 0 amide bonds. The summed E-state index contributed by atoms with van der Waals surface area (Å²) in [4.78, 5) is 0. The summed E-state index contributed by atoms with van der Waals surface area (Å²) >= 11 is 0. The topological polar surface area (TPSA) is 55.4 Å². The lowest BCUT2D eigenvalue weighted by Gasteiger charge is -2.32. The van der Waals surface area contributed by atoms with Crippen LogP contribution in [0.25, 0.3) is 0 Å². The first-order chi connectivity index (χ1) is 8.74. The summed E-state index contributed by atoms with van der Waals surface area (Å²) in [5, 5.41) is 3.10.